The van der Waals surface area contributed by atoms with E-state index in [1.54, 1.807) is 0 Å². The van der Waals surface area contributed by atoms with Gasteiger partial charge in [0, 0.05) is 18.2 Å². The van der Waals surface area contributed by atoms with Gasteiger partial charge >= 0.3 is 0 Å². The van der Waals surface area contributed by atoms with Crippen molar-refractivity contribution in [2.24, 2.45) is 11.7 Å². The van der Waals surface area contributed by atoms with Crippen LogP contribution in [-0.4, -0.2) is 15.3 Å². The van der Waals surface area contributed by atoms with E-state index in [0.29, 0.717) is 0 Å². The molecule has 78 valence electrons. The second-order valence-electron chi connectivity index (χ2n) is 3.67. The summed E-state index contributed by atoms with van der Waals surface area (Å²) in [6.07, 6.45) is 0. The highest BCUT2D eigenvalue weighted by molar-refractivity contribution is 5.50. The largest absolute Gasteiger partial charge is 0.508 e. The Balaban J connectivity index is 3.20. The maximum absolute atomic E-state index is 9.49. The van der Waals surface area contributed by atoms with Gasteiger partial charge in [-0.3, -0.25) is 0 Å². The number of benzene rings is 1. The number of phenolic OH excluding ortho intramolecular Hbond substituents is 3. The van der Waals surface area contributed by atoms with E-state index in [9.17, 15) is 10.2 Å². The van der Waals surface area contributed by atoms with Crippen LogP contribution in [0.5, 0.6) is 17.2 Å². The van der Waals surface area contributed by atoms with Crippen molar-refractivity contribution in [2.75, 3.05) is 0 Å². The van der Waals surface area contributed by atoms with Crippen molar-refractivity contribution >= 4 is 0 Å². The van der Waals surface area contributed by atoms with Crippen LogP contribution in [0.25, 0.3) is 0 Å². The summed E-state index contributed by atoms with van der Waals surface area (Å²) in [4.78, 5) is 0. The number of phenols is 3. The molecule has 5 N–H and O–H groups in total. The van der Waals surface area contributed by atoms with Crippen molar-refractivity contribution < 1.29 is 15.3 Å². The molecule has 0 bridgehead atoms. The van der Waals surface area contributed by atoms with E-state index in [-0.39, 0.29) is 28.7 Å². The highest BCUT2D eigenvalue weighted by Crippen LogP contribution is 2.37. The molecule has 4 nitrogen and oxygen atoms in total. The molecule has 0 aliphatic rings. The Morgan fingerprint density at radius 2 is 1.50 bits per heavy atom. The van der Waals surface area contributed by atoms with Crippen LogP contribution in [0.3, 0.4) is 0 Å². The summed E-state index contributed by atoms with van der Waals surface area (Å²) < 4.78 is 0. The minimum atomic E-state index is -0.449. The summed E-state index contributed by atoms with van der Waals surface area (Å²) in [5, 5.41) is 28.1. The molecule has 0 aliphatic heterocycles. The van der Waals surface area contributed by atoms with Gasteiger partial charge in [0.05, 0.1) is 5.56 Å². The zero-order valence-electron chi connectivity index (χ0n) is 8.23. The maximum Gasteiger partial charge on any atom is 0.127 e. The fourth-order valence-corrected chi connectivity index (χ4v) is 1.28. The summed E-state index contributed by atoms with van der Waals surface area (Å²) in [7, 11) is 0. The molecule has 1 aromatic rings. The van der Waals surface area contributed by atoms with Crippen LogP contribution in [0.2, 0.25) is 0 Å². The van der Waals surface area contributed by atoms with Gasteiger partial charge in [-0.1, -0.05) is 13.8 Å². The van der Waals surface area contributed by atoms with Crippen molar-refractivity contribution in [3.05, 3.63) is 17.7 Å². The third-order valence-corrected chi connectivity index (χ3v) is 2.17. The molecule has 4 heteroatoms. The first-order valence-electron chi connectivity index (χ1n) is 4.44. The van der Waals surface area contributed by atoms with E-state index in [1.165, 1.54) is 0 Å². The first kappa shape index (κ1) is 10.7. The predicted molar refractivity (Wildman–Crippen MR) is 53.2 cm³/mol. The lowest BCUT2D eigenvalue weighted by Crippen LogP contribution is -2.16. The van der Waals surface area contributed by atoms with Crippen LogP contribution in [-0.2, 0) is 0 Å². The third-order valence-electron chi connectivity index (χ3n) is 2.17. The molecule has 0 fully saturated rings. The molecule has 0 radical (unpaired) electrons. The summed E-state index contributed by atoms with van der Waals surface area (Å²) in [5.41, 5.74) is 6.06. The molecule has 1 atom stereocenters. The average molecular weight is 197 g/mol. The van der Waals surface area contributed by atoms with Gasteiger partial charge in [-0.2, -0.15) is 0 Å². The highest BCUT2D eigenvalue weighted by atomic mass is 16.3. The lowest BCUT2D eigenvalue weighted by atomic mass is 9.95. The SMILES string of the molecule is CC(C)[C@H](N)c1c(O)cc(O)cc1O. The van der Waals surface area contributed by atoms with E-state index in [1.807, 2.05) is 13.8 Å². The fourth-order valence-electron chi connectivity index (χ4n) is 1.28. The quantitative estimate of drug-likeness (QED) is 0.578. The van der Waals surface area contributed by atoms with Gasteiger partial charge < -0.3 is 21.1 Å². The Morgan fingerprint density at radius 1 is 1.07 bits per heavy atom. The Kier molecular flexibility index (Phi) is 2.86. The minimum Gasteiger partial charge on any atom is -0.508 e. The summed E-state index contributed by atoms with van der Waals surface area (Å²) in [6, 6.07) is 1.88. The Morgan fingerprint density at radius 3 is 1.86 bits per heavy atom. The molecule has 0 heterocycles. The monoisotopic (exact) mass is 197 g/mol. The predicted octanol–water partition coefficient (Wildman–Crippen LogP) is 1.46. The Bertz CT molecular complexity index is 313. The maximum atomic E-state index is 9.49. The summed E-state index contributed by atoms with van der Waals surface area (Å²) in [5.74, 6) is -0.441. The molecule has 0 saturated carbocycles. The van der Waals surface area contributed by atoms with Crippen LogP contribution in [0, 0.1) is 5.92 Å². The van der Waals surface area contributed by atoms with Gasteiger partial charge in [-0.15, -0.1) is 0 Å². The standard InChI is InChI=1S/C10H15NO3/c1-5(2)10(11)9-7(13)3-6(12)4-8(9)14/h3-5,10,12-14H,11H2,1-2H3/t10-/m0/s1. The zero-order valence-corrected chi connectivity index (χ0v) is 8.23. The number of hydrogen-bond acceptors (Lipinski definition) is 4. The molecule has 14 heavy (non-hydrogen) atoms. The smallest absolute Gasteiger partial charge is 0.127 e. The van der Waals surface area contributed by atoms with Crippen LogP contribution in [0.1, 0.15) is 25.5 Å². The molecule has 0 aliphatic carbocycles. The van der Waals surface area contributed by atoms with Gasteiger partial charge in [-0.05, 0) is 5.92 Å². The lowest BCUT2D eigenvalue weighted by Gasteiger charge is -2.18. The van der Waals surface area contributed by atoms with Gasteiger partial charge in [0.2, 0.25) is 0 Å². The van der Waals surface area contributed by atoms with E-state index in [4.69, 9.17) is 10.8 Å². The van der Waals surface area contributed by atoms with Crippen molar-refractivity contribution in [1.29, 1.82) is 0 Å². The van der Waals surface area contributed by atoms with Gasteiger partial charge in [0.1, 0.15) is 17.2 Å². The third kappa shape index (κ3) is 1.90. The number of rotatable bonds is 2. The van der Waals surface area contributed by atoms with Crippen LogP contribution >= 0.6 is 0 Å². The van der Waals surface area contributed by atoms with Gasteiger partial charge in [-0.25, -0.2) is 0 Å². The van der Waals surface area contributed by atoms with E-state index in [2.05, 4.69) is 0 Å². The molecule has 1 rings (SSSR count). The van der Waals surface area contributed by atoms with Crippen molar-refractivity contribution in [3.63, 3.8) is 0 Å². The number of aromatic hydroxyl groups is 3. The van der Waals surface area contributed by atoms with E-state index in [0.717, 1.165) is 12.1 Å². The normalized spacial score (nSPS) is 13.1. The Hall–Kier alpha value is -1.42. The van der Waals surface area contributed by atoms with E-state index < -0.39 is 6.04 Å². The van der Waals surface area contributed by atoms with Crippen LogP contribution in [0.15, 0.2) is 12.1 Å². The topological polar surface area (TPSA) is 86.7 Å². The molecule has 0 saturated heterocycles. The number of nitrogens with two attached hydrogens (primary N) is 1. The second kappa shape index (κ2) is 3.75. The average Bonchev–Trinajstić information content (AvgIpc) is 2.01. The van der Waals surface area contributed by atoms with Crippen LogP contribution < -0.4 is 5.73 Å². The second-order valence-corrected chi connectivity index (χ2v) is 3.67. The molecule has 0 unspecified atom stereocenters. The summed E-state index contributed by atoms with van der Waals surface area (Å²) >= 11 is 0. The Labute approximate surface area is 82.6 Å². The van der Waals surface area contributed by atoms with Crippen molar-refractivity contribution in [2.45, 2.75) is 19.9 Å². The van der Waals surface area contributed by atoms with Crippen molar-refractivity contribution in [3.8, 4) is 17.2 Å². The lowest BCUT2D eigenvalue weighted by molar-refractivity contribution is 0.395. The van der Waals surface area contributed by atoms with Crippen molar-refractivity contribution in [1.82, 2.24) is 0 Å². The zero-order chi connectivity index (χ0) is 10.9. The highest BCUT2D eigenvalue weighted by Gasteiger charge is 2.19. The molecule has 0 spiro atoms. The van der Waals surface area contributed by atoms with Gasteiger partial charge in [0.25, 0.3) is 0 Å². The number of hydrogen-bond donors (Lipinski definition) is 4. The molecule has 0 aromatic heterocycles. The fraction of sp³-hybridized carbons (Fsp3) is 0.400. The van der Waals surface area contributed by atoms with Gasteiger partial charge in [0.15, 0.2) is 0 Å². The molecule has 0 amide bonds. The van der Waals surface area contributed by atoms with Crippen LogP contribution in [0.4, 0.5) is 0 Å². The first-order valence-corrected chi connectivity index (χ1v) is 4.44. The van der Waals surface area contributed by atoms with E-state index >= 15 is 0 Å². The summed E-state index contributed by atoms with van der Waals surface area (Å²) in [6.45, 7) is 3.77. The minimum absolute atomic E-state index is 0.0938. The molecule has 1 aromatic carbocycles. The molecular weight excluding hydrogens is 182 g/mol. The molecular formula is C10H15NO3. The first-order chi connectivity index (χ1) is 6.43.